The summed E-state index contributed by atoms with van der Waals surface area (Å²) < 4.78 is 0. The van der Waals surface area contributed by atoms with Gasteiger partial charge < -0.3 is 10.0 Å². The lowest BCUT2D eigenvalue weighted by molar-refractivity contribution is 0.284. The molecule has 1 aromatic rings. The first-order chi connectivity index (χ1) is 9.15. The van der Waals surface area contributed by atoms with E-state index in [2.05, 4.69) is 25.8 Å². The van der Waals surface area contributed by atoms with Gasteiger partial charge in [-0.3, -0.25) is 0 Å². The van der Waals surface area contributed by atoms with Crippen LogP contribution in [0.4, 0.5) is 5.13 Å². The van der Waals surface area contributed by atoms with Crippen LogP contribution in [0.1, 0.15) is 56.5 Å². The van der Waals surface area contributed by atoms with E-state index in [0.29, 0.717) is 6.04 Å². The van der Waals surface area contributed by atoms with Crippen molar-refractivity contribution < 1.29 is 5.11 Å². The molecule has 2 unspecified atom stereocenters. The van der Waals surface area contributed by atoms with Crippen LogP contribution in [0.25, 0.3) is 0 Å². The minimum absolute atomic E-state index is 0.127. The normalized spacial score (nSPS) is 23.6. The Labute approximate surface area is 120 Å². The van der Waals surface area contributed by atoms with Gasteiger partial charge in [-0.15, -0.1) is 0 Å². The molecule has 3 nitrogen and oxygen atoms in total. The predicted molar refractivity (Wildman–Crippen MR) is 81.9 cm³/mol. The van der Waals surface area contributed by atoms with Gasteiger partial charge in [-0.05, 0) is 25.2 Å². The Kier molecular flexibility index (Phi) is 5.22. The SMILES string of the molecule is CCCc1nc(N(C)C2CCCC(C)C2)sc1CO. The fraction of sp³-hybridized carbons (Fsp3) is 0.800. The Morgan fingerprint density at radius 1 is 1.42 bits per heavy atom. The lowest BCUT2D eigenvalue weighted by Gasteiger charge is -2.33. The molecule has 1 saturated carbocycles. The molecule has 1 aliphatic rings. The van der Waals surface area contributed by atoms with Gasteiger partial charge in [0.1, 0.15) is 0 Å². The molecule has 1 aromatic heterocycles. The van der Waals surface area contributed by atoms with E-state index in [9.17, 15) is 5.11 Å². The van der Waals surface area contributed by atoms with Crippen molar-refractivity contribution in [3.05, 3.63) is 10.6 Å². The van der Waals surface area contributed by atoms with Crippen LogP contribution in [0.3, 0.4) is 0 Å². The number of thiazole rings is 1. The van der Waals surface area contributed by atoms with Gasteiger partial charge in [-0.2, -0.15) is 0 Å². The second kappa shape index (κ2) is 6.71. The van der Waals surface area contributed by atoms with E-state index in [0.717, 1.165) is 34.5 Å². The molecular formula is C15H26N2OS. The number of rotatable bonds is 5. The zero-order valence-electron chi connectivity index (χ0n) is 12.4. The lowest BCUT2D eigenvalue weighted by Crippen LogP contribution is -2.35. The standard InChI is InChI=1S/C15H26N2OS/c1-4-6-13-14(10-18)19-15(16-13)17(3)12-8-5-7-11(2)9-12/h11-12,18H,4-10H2,1-3H3. The van der Waals surface area contributed by atoms with Gasteiger partial charge in [-0.1, -0.05) is 44.4 Å². The van der Waals surface area contributed by atoms with E-state index in [1.807, 2.05) is 0 Å². The molecule has 0 aromatic carbocycles. The Morgan fingerprint density at radius 2 is 2.21 bits per heavy atom. The lowest BCUT2D eigenvalue weighted by atomic mass is 9.86. The molecule has 1 N–H and O–H groups in total. The van der Waals surface area contributed by atoms with E-state index in [1.165, 1.54) is 25.7 Å². The zero-order valence-corrected chi connectivity index (χ0v) is 13.2. The Balaban J connectivity index is 2.11. The van der Waals surface area contributed by atoms with Crippen LogP contribution in [-0.4, -0.2) is 23.2 Å². The van der Waals surface area contributed by atoms with Crippen LogP contribution in [0.2, 0.25) is 0 Å². The van der Waals surface area contributed by atoms with Gasteiger partial charge in [-0.25, -0.2) is 4.98 Å². The second-order valence-electron chi connectivity index (χ2n) is 5.81. The third-order valence-corrected chi connectivity index (χ3v) is 5.33. The first-order valence-corrected chi connectivity index (χ1v) is 8.29. The zero-order chi connectivity index (χ0) is 13.8. The molecule has 0 saturated heterocycles. The fourth-order valence-electron chi connectivity index (χ4n) is 2.99. The number of nitrogens with zero attached hydrogens (tertiary/aromatic N) is 2. The average molecular weight is 282 g/mol. The quantitative estimate of drug-likeness (QED) is 0.896. The van der Waals surface area contributed by atoms with Crippen LogP contribution in [0.5, 0.6) is 0 Å². The van der Waals surface area contributed by atoms with E-state index in [-0.39, 0.29) is 6.61 Å². The highest BCUT2D eigenvalue weighted by Crippen LogP contribution is 2.33. The number of hydrogen-bond donors (Lipinski definition) is 1. The van der Waals surface area contributed by atoms with Crippen molar-refractivity contribution in [3.63, 3.8) is 0 Å². The molecule has 0 radical (unpaired) electrons. The Bertz CT molecular complexity index is 405. The van der Waals surface area contributed by atoms with Crippen molar-refractivity contribution in [1.82, 2.24) is 4.98 Å². The van der Waals surface area contributed by atoms with E-state index >= 15 is 0 Å². The highest BCUT2D eigenvalue weighted by atomic mass is 32.1. The monoisotopic (exact) mass is 282 g/mol. The highest BCUT2D eigenvalue weighted by Gasteiger charge is 2.25. The summed E-state index contributed by atoms with van der Waals surface area (Å²) in [6, 6.07) is 0.621. The van der Waals surface area contributed by atoms with Gasteiger partial charge in [0, 0.05) is 13.1 Å². The molecule has 2 rings (SSSR count). The molecule has 0 spiro atoms. The fourth-order valence-corrected chi connectivity index (χ4v) is 3.99. The first kappa shape index (κ1) is 14.8. The summed E-state index contributed by atoms with van der Waals surface area (Å²) in [6.07, 6.45) is 7.30. The molecule has 1 aliphatic carbocycles. The average Bonchev–Trinajstić information content (AvgIpc) is 2.81. The maximum atomic E-state index is 9.44. The number of aliphatic hydroxyl groups excluding tert-OH is 1. The molecule has 19 heavy (non-hydrogen) atoms. The minimum atomic E-state index is 0.127. The molecule has 1 heterocycles. The molecular weight excluding hydrogens is 256 g/mol. The van der Waals surface area contributed by atoms with E-state index in [1.54, 1.807) is 11.3 Å². The van der Waals surface area contributed by atoms with Crippen LogP contribution < -0.4 is 4.90 Å². The summed E-state index contributed by atoms with van der Waals surface area (Å²) in [4.78, 5) is 8.15. The highest BCUT2D eigenvalue weighted by molar-refractivity contribution is 7.15. The van der Waals surface area contributed by atoms with Crippen molar-refractivity contribution in [2.75, 3.05) is 11.9 Å². The number of aromatic nitrogens is 1. The minimum Gasteiger partial charge on any atom is -0.391 e. The third kappa shape index (κ3) is 3.48. The van der Waals surface area contributed by atoms with E-state index < -0.39 is 0 Å². The molecule has 108 valence electrons. The van der Waals surface area contributed by atoms with Gasteiger partial charge in [0.05, 0.1) is 17.2 Å². The van der Waals surface area contributed by atoms with Gasteiger partial charge in [0.25, 0.3) is 0 Å². The topological polar surface area (TPSA) is 36.4 Å². The predicted octanol–water partition coefficient (Wildman–Crippen LogP) is 3.60. The number of aliphatic hydroxyl groups is 1. The molecule has 0 amide bonds. The number of aryl methyl sites for hydroxylation is 1. The largest absolute Gasteiger partial charge is 0.391 e. The van der Waals surface area contributed by atoms with Gasteiger partial charge in [0.2, 0.25) is 0 Å². The summed E-state index contributed by atoms with van der Waals surface area (Å²) >= 11 is 1.67. The van der Waals surface area contributed by atoms with Crippen molar-refractivity contribution in [3.8, 4) is 0 Å². The van der Waals surface area contributed by atoms with Crippen molar-refractivity contribution in [2.45, 2.75) is 65.0 Å². The smallest absolute Gasteiger partial charge is 0.185 e. The molecule has 4 heteroatoms. The molecule has 0 aliphatic heterocycles. The second-order valence-corrected chi connectivity index (χ2v) is 6.87. The third-order valence-electron chi connectivity index (χ3n) is 4.16. The van der Waals surface area contributed by atoms with Crippen molar-refractivity contribution in [1.29, 1.82) is 0 Å². The van der Waals surface area contributed by atoms with Gasteiger partial charge >= 0.3 is 0 Å². The summed E-state index contributed by atoms with van der Waals surface area (Å²) in [6.45, 7) is 4.64. The van der Waals surface area contributed by atoms with E-state index in [4.69, 9.17) is 4.98 Å². The summed E-state index contributed by atoms with van der Waals surface area (Å²) in [5.74, 6) is 0.827. The Hall–Kier alpha value is -0.610. The maximum Gasteiger partial charge on any atom is 0.185 e. The number of anilines is 1. The summed E-state index contributed by atoms with van der Waals surface area (Å²) in [5, 5.41) is 10.5. The molecule has 0 bridgehead atoms. The van der Waals surface area contributed by atoms with Crippen LogP contribution in [-0.2, 0) is 13.0 Å². The van der Waals surface area contributed by atoms with Crippen LogP contribution in [0.15, 0.2) is 0 Å². The first-order valence-electron chi connectivity index (χ1n) is 7.48. The van der Waals surface area contributed by atoms with Gasteiger partial charge in [0.15, 0.2) is 5.13 Å². The molecule has 1 fully saturated rings. The van der Waals surface area contributed by atoms with Crippen molar-refractivity contribution >= 4 is 16.5 Å². The Morgan fingerprint density at radius 3 is 2.84 bits per heavy atom. The number of hydrogen-bond acceptors (Lipinski definition) is 4. The van der Waals surface area contributed by atoms with Crippen LogP contribution in [0, 0.1) is 5.92 Å². The van der Waals surface area contributed by atoms with Crippen molar-refractivity contribution in [2.24, 2.45) is 5.92 Å². The molecule has 2 atom stereocenters. The van der Waals surface area contributed by atoms with Crippen LogP contribution >= 0.6 is 11.3 Å². The maximum absolute atomic E-state index is 9.44. The summed E-state index contributed by atoms with van der Waals surface area (Å²) in [7, 11) is 2.17. The summed E-state index contributed by atoms with van der Waals surface area (Å²) in [5.41, 5.74) is 1.10.